The molecule has 1 aromatic rings. The lowest BCUT2D eigenvalue weighted by atomic mass is 9.81. The molecule has 3 unspecified atom stereocenters. The molecule has 2 aliphatic carbocycles. The normalized spacial score (nSPS) is 25.7. The van der Waals surface area contributed by atoms with Gasteiger partial charge in [0.1, 0.15) is 0 Å². The number of carboxylic acid groups (broad SMARTS) is 2. The molecule has 1 heterocycles. The van der Waals surface area contributed by atoms with Crippen LogP contribution < -0.4 is 4.90 Å². The quantitative estimate of drug-likeness (QED) is 0.780. The van der Waals surface area contributed by atoms with Crippen molar-refractivity contribution in [3.8, 4) is 0 Å². The fourth-order valence-corrected chi connectivity index (χ4v) is 4.97. The van der Waals surface area contributed by atoms with Gasteiger partial charge < -0.3 is 15.1 Å². The summed E-state index contributed by atoms with van der Waals surface area (Å²) in [4.78, 5) is 39.4. The number of carbonyl (C=O) groups excluding carboxylic acids is 1. The minimum Gasteiger partial charge on any atom is -0.481 e. The lowest BCUT2D eigenvalue weighted by molar-refractivity contribution is -0.142. The van der Waals surface area contributed by atoms with Crippen molar-refractivity contribution in [2.45, 2.75) is 57.0 Å². The van der Waals surface area contributed by atoms with Gasteiger partial charge in [-0.05, 0) is 43.2 Å². The third-order valence-electron chi connectivity index (χ3n) is 6.35. The second-order valence-electron chi connectivity index (χ2n) is 8.20. The van der Waals surface area contributed by atoms with Crippen LogP contribution in [0, 0.1) is 11.8 Å². The monoisotopic (exact) mass is 386 g/mol. The van der Waals surface area contributed by atoms with Crippen LogP contribution >= 0.6 is 0 Å². The molecule has 1 aliphatic heterocycles. The predicted octanol–water partition coefficient (Wildman–Crippen LogP) is 3.50. The number of para-hydroxylation sites is 1. The lowest BCUT2D eigenvalue weighted by Gasteiger charge is -2.46. The highest BCUT2D eigenvalue weighted by Crippen LogP contribution is 2.51. The van der Waals surface area contributed by atoms with Gasteiger partial charge >= 0.3 is 12.1 Å². The number of hydrogen-bond donors (Lipinski definition) is 2. The molecule has 3 atom stereocenters. The molecule has 7 heteroatoms. The SMILES string of the molecule is O=C(O)CCC(=O)N(CC1CC1)C1c2ccccc2N(C(=O)O)C2CCCC12. The summed E-state index contributed by atoms with van der Waals surface area (Å²) in [6.07, 6.45) is 3.64. The first kappa shape index (κ1) is 18.8. The zero-order valence-corrected chi connectivity index (χ0v) is 15.8. The van der Waals surface area contributed by atoms with Crippen molar-refractivity contribution in [1.29, 1.82) is 0 Å². The van der Waals surface area contributed by atoms with E-state index in [0.29, 0.717) is 18.2 Å². The Morgan fingerprint density at radius 1 is 1.04 bits per heavy atom. The topological polar surface area (TPSA) is 98.2 Å². The molecule has 4 rings (SSSR count). The third-order valence-corrected chi connectivity index (χ3v) is 6.35. The average Bonchev–Trinajstić information content (AvgIpc) is 3.36. The summed E-state index contributed by atoms with van der Waals surface area (Å²) in [6, 6.07) is 7.15. The number of aliphatic carboxylic acids is 1. The van der Waals surface area contributed by atoms with Crippen molar-refractivity contribution >= 4 is 23.7 Å². The van der Waals surface area contributed by atoms with Gasteiger partial charge in [0.25, 0.3) is 0 Å². The molecule has 2 N–H and O–H groups in total. The molecule has 0 bridgehead atoms. The Balaban J connectivity index is 1.73. The van der Waals surface area contributed by atoms with Crippen LogP contribution in [0.3, 0.4) is 0 Å². The predicted molar refractivity (Wildman–Crippen MR) is 102 cm³/mol. The molecule has 0 aromatic heterocycles. The van der Waals surface area contributed by atoms with Crippen LogP contribution in [-0.4, -0.2) is 45.7 Å². The largest absolute Gasteiger partial charge is 0.481 e. The van der Waals surface area contributed by atoms with Crippen LogP contribution in [0.1, 0.15) is 56.6 Å². The van der Waals surface area contributed by atoms with Gasteiger partial charge in [-0.15, -0.1) is 0 Å². The van der Waals surface area contributed by atoms with Gasteiger partial charge in [0.05, 0.1) is 18.2 Å². The van der Waals surface area contributed by atoms with Gasteiger partial charge in [-0.2, -0.15) is 0 Å². The second-order valence-corrected chi connectivity index (χ2v) is 8.20. The number of carboxylic acids is 1. The van der Waals surface area contributed by atoms with Crippen molar-refractivity contribution in [2.24, 2.45) is 11.8 Å². The number of nitrogens with zero attached hydrogens (tertiary/aromatic N) is 2. The Bertz CT molecular complexity index is 791. The third kappa shape index (κ3) is 3.45. The van der Waals surface area contributed by atoms with Crippen LogP contribution in [0.15, 0.2) is 24.3 Å². The van der Waals surface area contributed by atoms with E-state index >= 15 is 0 Å². The number of benzene rings is 1. The molecular formula is C21H26N2O5. The van der Waals surface area contributed by atoms with Gasteiger partial charge in [0.2, 0.25) is 5.91 Å². The van der Waals surface area contributed by atoms with Gasteiger partial charge in [-0.1, -0.05) is 24.6 Å². The van der Waals surface area contributed by atoms with E-state index in [9.17, 15) is 19.5 Å². The average molecular weight is 386 g/mol. The van der Waals surface area contributed by atoms with Crippen LogP contribution in [0.2, 0.25) is 0 Å². The van der Waals surface area contributed by atoms with Crippen LogP contribution in [-0.2, 0) is 9.59 Å². The Morgan fingerprint density at radius 2 is 1.79 bits per heavy atom. The fourth-order valence-electron chi connectivity index (χ4n) is 4.97. The molecule has 2 saturated carbocycles. The summed E-state index contributed by atoms with van der Waals surface area (Å²) in [6.45, 7) is 0.633. The molecule has 150 valence electrons. The minimum absolute atomic E-state index is 0.0131. The first-order valence-electron chi connectivity index (χ1n) is 10.1. The Hall–Kier alpha value is -2.57. The highest BCUT2D eigenvalue weighted by atomic mass is 16.4. The number of hydrogen-bond acceptors (Lipinski definition) is 3. The molecule has 1 aromatic carbocycles. The Kier molecular flexibility index (Phi) is 5.00. The smallest absolute Gasteiger partial charge is 0.412 e. The van der Waals surface area contributed by atoms with Gasteiger partial charge in [0, 0.05) is 24.9 Å². The van der Waals surface area contributed by atoms with E-state index in [1.807, 2.05) is 29.2 Å². The zero-order chi connectivity index (χ0) is 19.8. The van der Waals surface area contributed by atoms with Crippen molar-refractivity contribution in [3.63, 3.8) is 0 Å². The number of fused-ring (bicyclic) bond motifs is 2. The number of rotatable bonds is 6. The molecule has 0 spiro atoms. The van der Waals surface area contributed by atoms with E-state index < -0.39 is 12.1 Å². The van der Waals surface area contributed by atoms with Crippen LogP contribution in [0.4, 0.5) is 10.5 Å². The summed E-state index contributed by atoms with van der Waals surface area (Å²) < 4.78 is 0. The molecule has 0 radical (unpaired) electrons. The van der Waals surface area contributed by atoms with E-state index in [-0.39, 0.29) is 36.8 Å². The zero-order valence-electron chi connectivity index (χ0n) is 15.8. The van der Waals surface area contributed by atoms with Crippen molar-refractivity contribution in [2.75, 3.05) is 11.4 Å². The van der Waals surface area contributed by atoms with Gasteiger partial charge in [-0.3, -0.25) is 14.5 Å². The van der Waals surface area contributed by atoms with E-state index in [4.69, 9.17) is 5.11 Å². The summed E-state index contributed by atoms with van der Waals surface area (Å²) in [5, 5.41) is 18.9. The first-order valence-corrected chi connectivity index (χ1v) is 10.1. The van der Waals surface area contributed by atoms with Crippen LogP contribution in [0.25, 0.3) is 0 Å². The first-order chi connectivity index (χ1) is 13.5. The molecule has 2 fully saturated rings. The molecule has 3 aliphatic rings. The van der Waals surface area contributed by atoms with E-state index in [2.05, 4.69) is 0 Å². The maximum Gasteiger partial charge on any atom is 0.412 e. The summed E-state index contributed by atoms with van der Waals surface area (Å²) in [5.74, 6) is -0.583. The number of amides is 2. The minimum atomic E-state index is -0.973. The fraction of sp³-hybridized carbons (Fsp3) is 0.571. The van der Waals surface area contributed by atoms with Gasteiger partial charge in [0.15, 0.2) is 0 Å². The summed E-state index contributed by atoms with van der Waals surface area (Å²) in [5.41, 5.74) is 1.53. The highest BCUT2D eigenvalue weighted by Gasteiger charge is 2.49. The van der Waals surface area contributed by atoms with Crippen LogP contribution in [0.5, 0.6) is 0 Å². The Labute approximate surface area is 163 Å². The maximum atomic E-state index is 13.1. The maximum absolute atomic E-state index is 13.1. The van der Waals surface area contributed by atoms with Gasteiger partial charge in [-0.25, -0.2) is 4.79 Å². The van der Waals surface area contributed by atoms with Crippen molar-refractivity contribution in [3.05, 3.63) is 29.8 Å². The molecule has 28 heavy (non-hydrogen) atoms. The van der Waals surface area contributed by atoms with E-state index in [0.717, 1.165) is 37.7 Å². The molecule has 0 saturated heterocycles. The standard InChI is InChI=1S/C21H26N2O5/c24-18(10-11-19(25)26)22(12-13-8-9-13)20-14-4-1-2-6-16(14)23(21(27)28)17-7-3-5-15(17)20/h1-2,4,6,13,15,17,20H,3,5,7-12H2,(H,25,26)(H,27,28). The molecule has 2 amide bonds. The highest BCUT2D eigenvalue weighted by molar-refractivity contribution is 5.90. The summed E-state index contributed by atoms with van der Waals surface area (Å²) in [7, 11) is 0. The number of anilines is 1. The molecular weight excluding hydrogens is 360 g/mol. The van der Waals surface area contributed by atoms with Crippen molar-refractivity contribution < 1.29 is 24.6 Å². The number of carbonyl (C=O) groups is 3. The Morgan fingerprint density at radius 3 is 2.46 bits per heavy atom. The second kappa shape index (κ2) is 7.45. The van der Waals surface area contributed by atoms with E-state index in [1.54, 1.807) is 0 Å². The lowest BCUT2D eigenvalue weighted by Crippen LogP contribution is -2.52. The summed E-state index contributed by atoms with van der Waals surface area (Å²) >= 11 is 0. The molecule has 7 nitrogen and oxygen atoms in total. The van der Waals surface area contributed by atoms with E-state index in [1.165, 1.54) is 4.90 Å². The van der Waals surface area contributed by atoms with Crippen molar-refractivity contribution in [1.82, 2.24) is 4.90 Å².